The van der Waals surface area contributed by atoms with E-state index in [1.54, 1.807) is 0 Å². The second kappa shape index (κ2) is 4.98. The molecule has 0 saturated carbocycles. The average Bonchev–Trinajstić information content (AvgIpc) is 2.73. The molecule has 0 radical (unpaired) electrons. The molecule has 2 heterocycles. The fraction of sp³-hybridized carbons (Fsp3) is 0.533. The van der Waals surface area contributed by atoms with Crippen molar-refractivity contribution in [2.45, 2.75) is 31.2 Å². The number of para-hydroxylation sites is 1. The zero-order valence-electron chi connectivity index (χ0n) is 11.6. The molecule has 3 rings (SSSR count). The van der Waals surface area contributed by atoms with Gasteiger partial charge in [-0.3, -0.25) is 9.69 Å². The summed E-state index contributed by atoms with van der Waals surface area (Å²) >= 11 is 0. The maximum absolute atomic E-state index is 12.4. The smallest absolute Gasteiger partial charge is 0.235 e. The van der Waals surface area contributed by atoms with Crippen molar-refractivity contribution in [3.63, 3.8) is 0 Å². The van der Waals surface area contributed by atoms with Crippen LogP contribution in [0.4, 0.5) is 5.69 Å². The topological polar surface area (TPSA) is 61.8 Å². The summed E-state index contributed by atoms with van der Waals surface area (Å²) in [5.74, 6) is 0.125. The van der Waals surface area contributed by atoms with Gasteiger partial charge in [-0.1, -0.05) is 23.4 Å². The number of nitroso groups, excluding NO2 is 1. The zero-order chi connectivity index (χ0) is 14.2. The molecule has 5 heteroatoms. The molecular weight excluding hydrogens is 254 g/mol. The number of hydrogen-bond donors (Lipinski definition) is 1. The van der Waals surface area contributed by atoms with Gasteiger partial charge in [0.2, 0.25) is 5.91 Å². The van der Waals surface area contributed by atoms with E-state index in [4.69, 9.17) is 0 Å². The Morgan fingerprint density at radius 2 is 2.05 bits per heavy atom. The number of fused-ring (bicyclic) bond motifs is 2. The van der Waals surface area contributed by atoms with Crippen LogP contribution in [0.2, 0.25) is 0 Å². The van der Waals surface area contributed by atoms with E-state index in [-0.39, 0.29) is 17.4 Å². The van der Waals surface area contributed by atoms with E-state index < -0.39 is 0 Å². The lowest BCUT2D eigenvalue weighted by molar-refractivity contribution is -0.122. The third-order valence-electron chi connectivity index (χ3n) is 4.74. The molecule has 1 aromatic carbocycles. The Morgan fingerprint density at radius 1 is 1.35 bits per heavy atom. The van der Waals surface area contributed by atoms with E-state index >= 15 is 0 Å². The SMILES string of the molecule is C[C@@H](CN=O)N1CCC2(CC1)C(=O)Nc1ccccc12. The second-order valence-electron chi connectivity index (χ2n) is 5.78. The van der Waals surface area contributed by atoms with Gasteiger partial charge in [-0.15, -0.1) is 0 Å². The van der Waals surface area contributed by atoms with Gasteiger partial charge in [0.25, 0.3) is 0 Å². The number of carbonyl (C=O) groups excluding carboxylic acids is 1. The van der Waals surface area contributed by atoms with Gasteiger partial charge in [-0.05, 0) is 44.5 Å². The maximum Gasteiger partial charge on any atom is 0.235 e. The van der Waals surface area contributed by atoms with Crippen molar-refractivity contribution < 1.29 is 4.79 Å². The highest BCUT2D eigenvalue weighted by Gasteiger charge is 2.48. The number of hydrogen-bond acceptors (Lipinski definition) is 4. The molecule has 1 N–H and O–H groups in total. The fourth-order valence-electron chi connectivity index (χ4n) is 3.44. The molecule has 1 saturated heterocycles. The minimum atomic E-state index is -0.374. The molecule has 1 amide bonds. The van der Waals surface area contributed by atoms with Crippen molar-refractivity contribution in [1.82, 2.24) is 4.90 Å². The lowest BCUT2D eigenvalue weighted by atomic mass is 9.73. The quantitative estimate of drug-likeness (QED) is 0.858. The van der Waals surface area contributed by atoms with Gasteiger partial charge in [-0.25, -0.2) is 0 Å². The number of benzene rings is 1. The molecule has 20 heavy (non-hydrogen) atoms. The highest BCUT2D eigenvalue weighted by atomic mass is 16.3. The van der Waals surface area contributed by atoms with Crippen LogP contribution in [-0.4, -0.2) is 36.5 Å². The molecule has 0 aromatic heterocycles. The lowest BCUT2D eigenvalue weighted by Crippen LogP contribution is -2.49. The Bertz CT molecular complexity index is 536. The van der Waals surface area contributed by atoms with Crippen LogP contribution in [-0.2, 0) is 10.2 Å². The molecule has 1 atom stereocenters. The van der Waals surface area contributed by atoms with E-state index in [1.807, 2.05) is 25.1 Å². The molecular formula is C15H19N3O2. The van der Waals surface area contributed by atoms with Gasteiger partial charge in [0.1, 0.15) is 0 Å². The first-order chi connectivity index (χ1) is 9.67. The largest absolute Gasteiger partial charge is 0.325 e. The van der Waals surface area contributed by atoms with Gasteiger partial charge in [0.15, 0.2) is 0 Å². The van der Waals surface area contributed by atoms with Crippen molar-refractivity contribution in [3.05, 3.63) is 34.7 Å². The Hall–Kier alpha value is -1.75. The number of piperidine rings is 1. The van der Waals surface area contributed by atoms with Crippen molar-refractivity contribution in [2.24, 2.45) is 5.18 Å². The summed E-state index contributed by atoms with van der Waals surface area (Å²) in [5.41, 5.74) is 1.71. The summed E-state index contributed by atoms with van der Waals surface area (Å²) in [6.45, 7) is 3.99. The predicted molar refractivity (Wildman–Crippen MR) is 77.7 cm³/mol. The number of carbonyl (C=O) groups is 1. The Morgan fingerprint density at radius 3 is 2.75 bits per heavy atom. The highest BCUT2D eigenvalue weighted by molar-refractivity contribution is 6.06. The van der Waals surface area contributed by atoms with Gasteiger partial charge in [-0.2, -0.15) is 4.91 Å². The molecule has 0 bridgehead atoms. The Kier molecular flexibility index (Phi) is 3.30. The van der Waals surface area contributed by atoms with Gasteiger partial charge in [0, 0.05) is 11.7 Å². The van der Waals surface area contributed by atoms with Crippen LogP contribution in [0.15, 0.2) is 29.4 Å². The van der Waals surface area contributed by atoms with E-state index in [9.17, 15) is 9.70 Å². The number of amides is 1. The van der Waals surface area contributed by atoms with Gasteiger partial charge in [0.05, 0.1) is 12.0 Å². The fourth-order valence-corrected chi connectivity index (χ4v) is 3.44. The summed E-state index contributed by atoms with van der Waals surface area (Å²) < 4.78 is 0. The van der Waals surface area contributed by atoms with Crippen LogP contribution in [0.1, 0.15) is 25.3 Å². The molecule has 106 valence electrons. The first-order valence-corrected chi connectivity index (χ1v) is 7.11. The summed E-state index contributed by atoms with van der Waals surface area (Å²) in [4.78, 5) is 25.0. The normalized spacial score (nSPS) is 22.4. The van der Waals surface area contributed by atoms with Crippen LogP contribution in [0.25, 0.3) is 0 Å². The Balaban J connectivity index is 1.80. The van der Waals surface area contributed by atoms with Crippen LogP contribution >= 0.6 is 0 Å². The standard InChI is InChI=1S/C15H19N3O2/c1-11(10-16-20)18-8-6-15(7-9-18)12-4-2-3-5-13(12)17-14(15)19/h2-5,11H,6-10H2,1H3,(H,17,19)/t11-/m0/s1. The van der Waals surface area contributed by atoms with E-state index in [0.29, 0.717) is 6.54 Å². The highest BCUT2D eigenvalue weighted by Crippen LogP contribution is 2.44. The number of anilines is 1. The minimum absolute atomic E-state index is 0.125. The van der Waals surface area contributed by atoms with Crippen molar-refractivity contribution in [3.8, 4) is 0 Å². The van der Waals surface area contributed by atoms with Crippen LogP contribution in [0.3, 0.4) is 0 Å². The van der Waals surface area contributed by atoms with Gasteiger partial charge >= 0.3 is 0 Å². The molecule has 0 aliphatic carbocycles. The van der Waals surface area contributed by atoms with Crippen LogP contribution in [0.5, 0.6) is 0 Å². The average molecular weight is 273 g/mol. The van der Waals surface area contributed by atoms with Crippen molar-refractivity contribution in [1.29, 1.82) is 0 Å². The number of nitrogens with one attached hydrogen (secondary N) is 1. The van der Waals surface area contributed by atoms with Gasteiger partial charge < -0.3 is 5.32 Å². The van der Waals surface area contributed by atoms with Crippen molar-refractivity contribution >= 4 is 11.6 Å². The lowest BCUT2D eigenvalue weighted by Gasteiger charge is -2.40. The molecule has 2 aliphatic heterocycles. The van der Waals surface area contributed by atoms with E-state index in [2.05, 4.69) is 21.5 Å². The summed E-state index contributed by atoms with van der Waals surface area (Å²) in [6.07, 6.45) is 1.61. The first-order valence-electron chi connectivity index (χ1n) is 7.11. The molecule has 1 fully saturated rings. The second-order valence-corrected chi connectivity index (χ2v) is 5.78. The molecule has 5 nitrogen and oxygen atoms in total. The van der Waals surface area contributed by atoms with E-state index in [1.165, 1.54) is 0 Å². The first kappa shape index (κ1) is 13.2. The summed E-state index contributed by atoms with van der Waals surface area (Å²) in [7, 11) is 0. The summed E-state index contributed by atoms with van der Waals surface area (Å²) in [6, 6.07) is 8.12. The predicted octanol–water partition coefficient (Wildman–Crippen LogP) is 2.13. The van der Waals surface area contributed by atoms with Crippen molar-refractivity contribution in [2.75, 3.05) is 25.0 Å². The van der Waals surface area contributed by atoms with Crippen LogP contribution < -0.4 is 5.32 Å². The molecule has 0 unspecified atom stereocenters. The molecule has 1 aromatic rings. The third kappa shape index (κ3) is 1.93. The number of likely N-dealkylation sites (tertiary alicyclic amines) is 1. The Labute approximate surface area is 118 Å². The summed E-state index contributed by atoms with van der Waals surface area (Å²) in [5, 5.41) is 5.98. The number of rotatable bonds is 3. The molecule has 2 aliphatic rings. The number of nitrogens with zero attached hydrogens (tertiary/aromatic N) is 2. The van der Waals surface area contributed by atoms with Crippen LogP contribution in [0, 0.1) is 4.91 Å². The third-order valence-corrected chi connectivity index (χ3v) is 4.74. The zero-order valence-corrected chi connectivity index (χ0v) is 11.6. The molecule has 1 spiro atoms. The monoisotopic (exact) mass is 273 g/mol. The van der Waals surface area contributed by atoms with E-state index in [0.717, 1.165) is 37.2 Å². The minimum Gasteiger partial charge on any atom is -0.325 e. The maximum atomic E-state index is 12.4.